The fourth-order valence-corrected chi connectivity index (χ4v) is 1.39. The fraction of sp³-hybridized carbons (Fsp3) is 0.143. The van der Waals surface area contributed by atoms with Gasteiger partial charge >= 0.3 is 5.97 Å². The lowest BCUT2D eigenvalue weighted by Crippen LogP contribution is -1.96. The van der Waals surface area contributed by atoms with Crippen molar-refractivity contribution in [3.8, 4) is 6.07 Å². The number of hydrogen-bond acceptors (Lipinski definition) is 2. The molecule has 0 aliphatic carbocycles. The molecule has 18 heavy (non-hydrogen) atoms. The van der Waals surface area contributed by atoms with E-state index in [1.54, 1.807) is 18.2 Å². The summed E-state index contributed by atoms with van der Waals surface area (Å²) < 4.78 is 2.08. The van der Waals surface area contributed by atoms with Gasteiger partial charge in [-0.05, 0) is 31.2 Å². The molecule has 1 rings (SSSR count). The molecular formula is C14H14N2O2. The minimum absolute atomic E-state index is 0.281. The predicted molar refractivity (Wildman–Crippen MR) is 69.6 cm³/mol. The van der Waals surface area contributed by atoms with Crippen molar-refractivity contribution < 1.29 is 9.90 Å². The third-order valence-corrected chi connectivity index (χ3v) is 2.31. The summed E-state index contributed by atoms with van der Waals surface area (Å²) in [5.74, 6) is -1.22. The maximum absolute atomic E-state index is 10.5. The molecule has 0 radical (unpaired) electrons. The first-order valence-corrected chi connectivity index (χ1v) is 5.52. The maximum atomic E-state index is 10.5. The average Bonchev–Trinajstić information content (AvgIpc) is 2.80. The minimum atomic E-state index is -1.22. The standard InChI is InChI=1S/C14H14N2O2/c1-2-16-10-6-9-13(16)8-5-3-4-7-12(11-15)14(17)18/h3-10H,2H2,1H3,(H,17,18)/b4-3+,8-5+,12-7+. The molecule has 1 aromatic rings. The van der Waals surface area contributed by atoms with E-state index in [-0.39, 0.29) is 5.57 Å². The molecule has 0 unspecified atom stereocenters. The summed E-state index contributed by atoms with van der Waals surface area (Å²) in [6.07, 6.45) is 10.2. The number of nitriles is 1. The number of aryl methyl sites for hydroxylation is 1. The Kier molecular flexibility index (Phi) is 5.20. The number of carbonyl (C=O) groups is 1. The van der Waals surface area contributed by atoms with Crippen molar-refractivity contribution in [3.05, 3.63) is 53.9 Å². The van der Waals surface area contributed by atoms with Gasteiger partial charge in [0.2, 0.25) is 0 Å². The molecule has 0 saturated heterocycles. The van der Waals surface area contributed by atoms with Crippen LogP contribution in [0.2, 0.25) is 0 Å². The van der Waals surface area contributed by atoms with Crippen LogP contribution in [0.1, 0.15) is 12.6 Å². The summed E-state index contributed by atoms with van der Waals surface area (Å²) in [6.45, 7) is 2.95. The van der Waals surface area contributed by atoms with Crippen molar-refractivity contribution in [1.29, 1.82) is 5.26 Å². The monoisotopic (exact) mass is 242 g/mol. The summed E-state index contributed by atoms with van der Waals surface area (Å²) in [6, 6.07) is 5.56. The Labute approximate surface area is 106 Å². The first kappa shape index (κ1) is 13.5. The summed E-state index contributed by atoms with van der Waals surface area (Å²) >= 11 is 0. The first-order chi connectivity index (χ1) is 8.69. The van der Waals surface area contributed by atoms with Gasteiger partial charge in [-0.3, -0.25) is 0 Å². The van der Waals surface area contributed by atoms with Crippen molar-refractivity contribution in [1.82, 2.24) is 4.57 Å². The zero-order valence-corrected chi connectivity index (χ0v) is 10.1. The van der Waals surface area contributed by atoms with Crippen molar-refractivity contribution in [3.63, 3.8) is 0 Å². The van der Waals surface area contributed by atoms with Crippen LogP contribution in [0, 0.1) is 11.3 Å². The van der Waals surface area contributed by atoms with Gasteiger partial charge in [0.25, 0.3) is 0 Å². The SMILES string of the molecule is CCn1cccc1/C=C/C=C/C=C(\C#N)C(=O)O. The smallest absolute Gasteiger partial charge is 0.346 e. The summed E-state index contributed by atoms with van der Waals surface area (Å²) in [7, 11) is 0. The van der Waals surface area contributed by atoms with Crippen molar-refractivity contribution in [2.24, 2.45) is 0 Å². The molecule has 0 bridgehead atoms. The highest BCUT2D eigenvalue weighted by Crippen LogP contribution is 2.04. The van der Waals surface area contributed by atoms with Gasteiger partial charge in [0.15, 0.2) is 0 Å². The highest BCUT2D eigenvalue weighted by Gasteiger charge is 2.02. The Hall–Kier alpha value is -2.54. The molecule has 0 fully saturated rings. The molecule has 1 N–H and O–H groups in total. The Morgan fingerprint density at radius 2 is 2.28 bits per heavy atom. The molecule has 0 atom stereocenters. The summed E-state index contributed by atoms with van der Waals surface area (Å²) in [5.41, 5.74) is 0.793. The number of aliphatic carboxylic acids is 1. The molecule has 0 aromatic carbocycles. The lowest BCUT2D eigenvalue weighted by molar-refractivity contribution is -0.132. The van der Waals surface area contributed by atoms with Gasteiger partial charge in [-0.1, -0.05) is 18.2 Å². The van der Waals surface area contributed by atoms with E-state index in [1.807, 2.05) is 24.4 Å². The predicted octanol–water partition coefficient (Wildman–Crippen LogP) is 2.61. The van der Waals surface area contributed by atoms with Gasteiger partial charge in [-0.25, -0.2) is 4.79 Å². The van der Waals surface area contributed by atoms with Gasteiger partial charge in [0.05, 0.1) is 0 Å². The van der Waals surface area contributed by atoms with Crippen molar-refractivity contribution in [2.75, 3.05) is 0 Å². The molecule has 0 saturated carbocycles. The number of nitrogens with zero attached hydrogens (tertiary/aromatic N) is 2. The molecule has 0 amide bonds. The number of carboxylic acid groups (broad SMARTS) is 1. The normalized spacial score (nSPS) is 12.1. The second-order valence-electron chi connectivity index (χ2n) is 3.46. The van der Waals surface area contributed by atoms with Crippen LogP contribution in [0.15, 0.2) is 48.2 Å². The highest BCUT2D eigenvalue weighted by atomic mass is 16.4. The number of hydrogen-bond donors (Lipinski definition) is 1. The fourth-order valence-electron chi connectivity index (χ4n) is 1.39. The Morgan fingerprint density at radius 1 is 1.50 bits per heavy atom. The van der Waals surface area contributed by atoms with Gasteiger partial charge < -0.3 is 9.67 Å². The molecule has 4 nitrogen and oxygen atoms in total. The van der Waals surface area contributed by atoms with Crippen LogP contribution >= 0.6 is 0 Å². The van der Waals surface area contributed by atoms with Crippen LogP contribution in [0.4, 0.5) is 0 Å². The lowest BCUT2D eigenvalue weighted by Gasteiger charge is -1.99. The second kappa shape index (κ2) is 6.92. The topological polar surface area (TPSA) is 66.0 Å². The van der Waals surface area contributed by atoms with Crippen molar-refractivity contribution >= 4 is 12.0 Å². The number of carboxylic acids is 1. The van der Waals surface area contributed by atoms with E-state index in [0.717, 1.165) is 12.2 Å². The van der Waals surface area contributed by atoms with Gasteiger partial charge in [-0.15, -0.1) is 0 Å². The van der Waals surface area contributed by atoms with E-state index >= 15 is 0 Å². The van der Waals surface area contributed by atoms with Crippen LogP contribution < -0.4 is 0 Å². The van der Waals surface area contributed by atoms with E-state index < -0.39 is 5.97 Å². The maximum Gasteiger partial charge on any atom is 0.346 e. The highest BCUT2D eigenvalue weighted by molar-refractivity contribution is 5.91. The largest absolute Gasteiger partial charge is 0.477 e. The summed E-state index contributed by atoms with van der Waals surface area (Å²) in [5, 5.41) is 17.1. The lowest BCUT2D eigenvalue weighted by atomic mass is 10.2. The summed E-state index contributed by atoms with van der Waals surface area (Å²) in [4.78, 5) is 10.5. The van der Waals surface area contributed by atoms with Crippen LogP contribution in [-0.2, 0) is 11.3 Å². The van der Waals surface area contributed by atoms with Crippen LogP contribution in [0.5, 0.6) is 0 Å². The Morgan fingerprint density at radius 3 is 2.89 bits per heavy atom. The molecule has 0 spiro atoms. The van der Waals surface area contributed by atoms with Gasteiger partial charge in [0, 0.05) is 18.4 Å². The Balaban J connectivity index is 2.66. The van der Waals surface area contributed by atoms with E-state index in [2.05, 4.69) is 11.5 Å². The van der Waals surface area contributed by atoms with Gasteiger partial charge in [0.1, 0.15) is 11.6 Å². The van der Waals surface area contributed by atoms with E-state index in [4.69, 9.17) is 10.4 Å². The van der Waals surface area contributed by atoms with E-state index in [0.29, 0.717) is 0 Å². The number of allylic oxidation sites excluding steroid dienone is 4. The van der Waals surface area contributed by atoms with E-state index in [9.17, 15) is 4.79 Å². The minimum Gasteiger partial charge on any atom is -0.477 e. The third-order valence-electron chi connectivity index (χ3n) is 2.31. The molecule has 0 aliphatic rings. The molecule has 1 aromatic heterocycles. The molecular weight excluding hydrogens is 228 g/mol. The van der Waals surface area contributed by atoms with Crippen LogP contribution in [0.25, 0.3) is 6.08 Å². The van der Waals surface area contributed by atoms with Crippen LogP contribution in [-0.4, -0.2) is 15.6 Å². The van der Waals surface area contributed by atoms with E-state index in [1.165, 1.54) is 12.2 Å². The van der Waals surface area contributed by atoms with Crippen molar-refractivity contribution in [2.45, 2.75) is 13.5 Å². The van der Waals surface area contributed by atoms with Crippen LogP contribution in [0.3, 0.4) is 0 Å². The number of rotatable bonds is 5. The average molecular weight is 242 g/mol. The third kappa shape index (κ3) is 3.80. The van der Waals surface area contributed by atoms with Gasteiger partial charge in [-0.2, -0.15) is 5.26 Å². The Bertz CT molecular complexity index is 542. The quantitative estimate of drug-likeness (QED) is 0.490. The molecule has 4 heteroatoms. The number of aromatic nitrogens is 1. The first-order valence-electron chi connectivity index (χ1n) is 5.52. The zero-order valence-electron chi connectivity index (χ0n) is 10.1. The molecule has 92 valence electrons. The second-order valence-corrected chi connectivity index (χ2v) is 3.46. The molecule has 1 heterocycles. The zero-order chi connectivity index (χ0) is 13.4. The molecule has 0 aliphatic heterocycles.